The number of rotatable bonds is 3. The van der Waals surface area contributed by atoms with E-state index in [-0.39, 0.29) is 17.8 Å². The van der Waals surface area contributed by atoms with Crippen LogP contribution in [-0.4, -0.2) is 22.0 Å². The predicted octanol–water partition coefficient (Wildman–Crippen LogP) is 3.32. The summed E-state index contributed by atoms with van der Waals surface area (Å²) in [4.78, 5) is 1.89. The monoisotopic (exact) mass is 355 g/mol. The van der Waals surface area contributed by atoms with Gasteiger partial charge in [-0.05, 0) is 24.1 Å². The van der Waals surface area contributed by atoms with Crippen molar-refractivity contribution in [2.45, 2.75) is 13.0 Å². The van der Waals surface area contributed by atoms with E-state index >= 15 is 0 Å². The average molecular weight is 355 g/mol. The van der Waals surface area contributed by atoms with Gasteiger partial charge >= 0.3 is 0 Å². The maximum Gasteiger partial charge on any atom is 0.190 e. The van der Waals surface area contributed by atoms with Crippen LogP contribution < -0.4 is 4.90 Å². The van der Waals surface area contributed by atoms with E-state index in [1.807, 2.05) is 29.2 Å². The summed E-state index contributed by atoms with van der Waals surface area (Å²) in [5.74, 6) is -3.06. The molecule has 0 atom stereocenters. The molecule has 2 aromatic carbocycles. The van der Waals surface area contributed by atoms with Gasteiger partial charge in [-0.15, -0.1) is 5.10 Å². The molecule has 0 fully saturated rings. The summed E-state index contributed by atoms with van der Waals surface area (Å²) in [5.41, 5.74) is 3.30. The van der Waals surface area contributed by atoms with Crippen LogP contribution in [0.2, 0.25) is 0 Å². The SMILES string of the molecule is N#Cc1n[nH]nc1-c1ccc2c(c1)N(Cc1cc(F)c(F)cc1F)CC2. The van der Waals surface area contributed by atoms with Crippen molar-refractivity contribution in [3.05, 3.63) is 64.6 Å². The lowest BCUT2D eigenvalue weighted by molar-refractivity contribution is 0.489. The second kappa shape index (κ2) is 6.19. The molecule has 0 unspecified atom stereocenters. The average Bonchev–Trinajstić information content (AvgIpc) is 3.26. The Balaban J connectivity index is 1.68. The van der Waals surface area contributed by atoms with Gasteiger partial charge in [0, 0.05) is 36.0 Å². The molecule has 4 rings (SSSR count). The quantitative estimate of drug-likeness (QED) is 0.732. The van der Waals surface area contributed by atoms with E-state index < -0.39 is 17.5 Å². The minimum absolute atomic E-state index is 0.0845. The number of nitriles is 1. The fraction of sp³-hybridized carbons (Fsp3) is 0.167. The van der Waals surface area contributed by atoms with Crippen LogP contribution in [0.4, 0.5) is 18.9 Å². The third-order valence-electron chi connectivity index (χ3n) is 4.45. The van der Waals surface area contributed by atoms with Gasteiger partial charge in [-0.2, -0.15) is 15.6 Å². The molecule has 0 bridgehead atoms. The Morgan fingerprint density at radius 3 is 2.69 bits per heavy atom. The number of aromatic amines is 1. The zero-order chi connectivity index (χ0) is 18.3. The standard InChI is InChI=1S/C18H12F3N5/c19-13-7-15(21)14(20)5-12(13)9-26-4-3-10-1-2-11(6-17(10)26)18-16(8-22)23-25-24-18/h1-2,5-7H,3-4,9H2,(H,23,24,25). The van der Waals surface area contributed by atoms with Gasteiger partial charge in [0.1, 0.15) is 17.6 Å². The van der Waals surface area contributed by atoms with Crippen LogP contribution in [-0.2, 0) is 13.0 Å². The van der Waals surface area contributed by atoms with Crippen molar-refractivity contribution in [1.82, 2.24) is 15.4 Å². The van der Waals surface area contributed by atoms with Gasteiger partial charge in [0.25, 0.3) is 0 Å². The van der Waals surface area contributed by atoms with E-state index in [1.165, 1.54) is 0 Å². The molecule has 0 saturated heterocycles. The summed E-state index contributed by atoms with van der Waals surface area (Å²) in [6.07, 6.45) is 0.755. The molecule has 0 spiro atoms. The summed E-state index contributed by atoms with van der Waals surface area (Å²) in [6.45, 7) is 0.741. The highest BCUT2D eigenvalue weighted by Crippen LogP contribution is 2.34. The lowest BCUT2D eigenvalue weighted by atomic mass is 10.1. The molecule has 8 heteroatoms. The van der Waals surface area contributed by atoms with Crippen LogP contribution in [0.1, 0.15) is 16.8 Å². The Labute approximate surface area is 146 Å². The first-order chi connectivity index (χ1) is 12.6. The zero-order valence-corrected chi connectivity index (χ0v) is 13.4. The summed E-state index contributed by atoms with van der Waals surface area (Å²) in [7, 11) is 0. The van der Waals surface area contributed by atoms with Crippen molar-refractivity contribution in [1.29, 1.82) is 5.26 Å². The molecule has 5 nitrogen and oxygen atoms in total. The number of hydrogen-bond acceptors (Lipinski definition) is 4. The van der Waals surface area contributed by atoms with Crippen LogP contribution in [0.3, 0.4) is 0 Å². The first kappa shape index (κ1) is 16.1. The van der Waals surface area contributed by atoms with E-state index in [2.05, 4.69) is 15.4 Å². The van der Waals surface area contributed by atoms with Gasteiger partial charge in [-0.25, -0.2) is 13.2 Å². The summed E-state index contributed by atoms with van der Waals surface area (Å²) >= 11 is 0. The fourth-order valence-corrected chi connectivity index (χ4v) is 3.16. The number of hydrogen-bond donors (Lipinski definition) is 1. The molecule has 1 aliphatic rings. The molecule has 1 N–H and O–H groups in total. The second-order valence-corrected chi connectivity index (χ2v) is 6.01. The van der Waals surface area contributed by atoms with Crippen LogP contribution >= 0.6 is 0 Å². The summed E-state index contributed by atoms with van der Waals surface area (Å²) < 4.78 is 40.5. The van der Waals surface area contributed by atoms with E-state index in [0.717, 1.165) is 23.7 Å². The van der Waals surface area contributed by atoms with Crippen molar-refractivity contribution in [2.24, 2.45) is 0 Å². The van der Waals surface area contributed by atoms with Crippen LogP contribution in [0.15, 0.2) is 30.3 Å². The smallest absolute Gasteiger partial charge is 0.190 e. The number of nitrogens with one attached hydrogen (secondary N) is 1. The molecule has 130 valence electrons. The number of nitrogens with zero attached hydrogens (tertiary/aromatic N) is 4. The number of halogens is 3. The van der Waals surface area contributed by atoms with Crippen molar-refractivity contribution < 1.29 is 13.2 Å². The van der Waals surface area contributed by atoms with Crippen molar-refractivity contribution in [3.8, 4) is 17.3 Å². The van der Waals surface area contributed by atoms with E-state index in [4.69, 9.17) is 5.26 Å². The summed E-state index contributed by atoms with van der Waals surface area (Å²) in [5, 5.41) is 19.3. The molecule has 1 aromatic heterocycles. The molecular weight excluding hydrogens is 343 g/mol. The molecule has 0 amide bonds. The largest absolute Gasteiger partial charge is 0.367 e. The Morgan fingerprint density at radius 1 is 1.08 bits per heavy atom. The third kappa shape index (κ3) is 2.67. The highest BCUT2D eigenvalue weighted by Gasteiger charge is 2.23. The van der Waals surface area contributed by atoms with Gasteiger partial charge < -0.3 is 4.90 Å². The first-order valence-electron chi connectivity index (χ1n) is 7.89. The molecule has 0 radical (unpaired) electrons. The Kier molecular flexibility index (Phi) is 3.84. The van der Waals surface area contributed by atoms with E-state index in [0.29, 0.717) is 23.9 Å². The highest BCUT2D eigenvalue weighted by atomic mass is 19.2. The summed E-state index contributed by atoms with van der Waals surface area (Å²) in [6, 6.07) is 9.03. The predicted molar refractivity (Wildman–Crippen MR) is 87.6 cm³/mol. The van der Waals surface area contributed by atoms with Crippen molar-refractivity contribution >= 4 is 5.69 Å². The lowest BCUT2D eigenvalue weighted by Crippen LogP contribution is -2.20. The van der Waals surface area contributed by atoms with Gasteiger partial charge in [0.05, 0.1) is 0 Å². The maximum absolute atomic E-state index is 14.0. The number of anilines is 1. The Morgan fingerprint density at radius 2 is 1.88 bits per heavy atom. The van der Waals surface area contributed by atoms with Crippen molar-refractivity contribution in [2.75, 3.05) is 11.4 Å². The van der Waals surface area contributed by atoms with E-state index in [9.17, 15) is 13.2 Å². The van der Waals surface area contributed by atoms with Gasteiger partial charge in [0.15, 0.2) is 17.3 Å². The number of benzene rings is 2. The van der Waals surface area contributed by atoms with Crippen LogP contribution in [0.25, 0.3) is 11.3 Å². The van der Waals surface area contributed by atoms with E-state index in [1.54, 1.807) is 0 Å². The highest BCUT2D eigenvalue weighted by molar-refractivity contribution is 5.72. The minimum Gasteiger partial charge on any atom is -0.367 e. The minimum atomic E-state index is -1.20. The maximum atomic E-state index is 14.0. The fourth-order valence-electron chi connectivity index (χ4n) is 3.16. The van der Waals surface area contributed by atoms with Crippen LogP contribution in [0, 0.1) is 28.8 Å². The number of aromatic nitrogens is 3. The third-order valence-corrected chi connectivity index (χ3v) is 4.45. The molecule has 0 saturated carbocycles. The lowest BCUT2D eigenvalue weighted by Gasteiger charge is -2.20. The Bertz CT molecular complexity index is 1040. The Hall–Kier alpha value is -3.34. The molecule has 26 heavy (non-hydrogen) atoms. The van der Waals surface area contributed by atoms with Gasteiger partial charge in [-0.3, -0.25) is 0 Å². The molecular formula is C18H12F3N5. The van der Waals surface area contributed by atoms with Crippen molar-refractivity contribution in [3.63, 3.8) is 0 Å². The second-order valence-electron chi connectivity index (χ2n) is 6.01. The first-order valence-corrected chi connectivity index (χ1v) is 7.89. The van der Waals surface area contributed by atoms with Crippen LogP contribution in [0.5, 0.6) is 0 Å². The van der Waals surface area contributed by atoms with Gasteiger partial charge in [-0.1, -0.05) is 12.1 Å². The number of fused-ring (bicyclic) bond motifs is 1. The molecule has 2 heterocycles. The number of H-pyrrole nitrogens is 1. The molecule has 3 aromatic rings. The molecule has 0 aliphatic carbocycles. The normalized spacial score (nSPS) is 12.9. The zero-order valence-electron chi connectivity index (χ0n) is 13.4. The molecule has 1 aliphatic heterocycles. The van der Waals surface area contributed by atoms with Gasteiger partial charge in [0.2, 0.25) is 0 Å². The topological polar surface area (TPSA) is 68.6 Å².